The fraction of sp³-hybridized carbons (Fsp3) is 0.0435. The molecule has 5 heterocycles. The van der Waals surface area contributed by atoms with E-state index in [1.165, 1.54) is 29.4 Å². The molecule has 0 bridgehead atoms. The average molecular weight is 1240 g/mol. The number of rotatable bonds is 8. The number of carbonyl (C=O) groups is 3. The fourth-order valence-corrected chi connectivity index (χ4v) is 8.51. The van der Waals surface area contributed by atoms with Crippen LogP contribution in [0, 0.1) is 20.8 Å². The Morgan fingerprint density at radius 1 is 0.309 bits per heavy atom. The van der Waals surface area contributed by atoms with Gasteiger partial charge in [-0.15, -0.1) is 0 Å². The Kier molecular flexibility index (Phi) is 21.0. The third-order valence-electron chi connectivity index (χ3n) is 12.3. The van der Waals surface area contributed by atoms with Crippen molar-refractivity contribution in [2.75, 3.05) is 0 Å². The number of aromatic nitrogens is 5. The van der Waals surface area contributed by atoms with Crippen molar-refractivity contribution in [1.82, 2.24) is 24.9 Å². The van der Waals surface area contributed by atoms with Gasteiger partial charge >= 0.3 is 20.1 Å². The first-order valence-electron chi connectivity index (χ1n) is 25.4. The maximum atomic E-state index is 10.9. The molecular weight excluding hydrogens is 1190 g/mol. The molecule has 0 aliphatic rings. The Balaban J connectivity index is 0.000000146. The van der Waals surface area contributed by atoms with Crippen LogP contribution in [0.4, 0.5) is 0 Å². The predicted molar refractivity (Wildman–Crippen MR) is 311 cm³/mol. The van der Waals surface area contributed by atoms with Gasteiger partial charge in [0.1, 0.15) is 0 Å². The van der Waals surface area contributed by atoms with Crippen molar-refractivity contribution in [2.24, 2.45) is 0 Å². The summed E-state index contributed by atoms with van der Waals surface area (Å²) < 4.78 is 0. The molecule has 0 radical (unpaired) electrons. The standard InChI is InChI=1S/2C15H11N.3C13H11NO2.Ir/c2*1-2-6-12(7-3-1)15-11-10-13-8-4-5-9-14(13)16-15;3*1-9-4-2-5-10(8-9)11-6-3-7-14-12(11)13(15)16;/h2*1-11H;3*2-8H,1H3,(H,15,16);/q;;;;;+3/p-3. The van der Waals surface area contributed by atoms with Gasteiger partial charge in [-0.25, -0.2) is 9.97 Å². The predicted octanol–water partition coefficient (Wildman–Crippen LogP) is 12.1. The minimum Gasteiger partial charge on any atom is -0.543 e. The number of hydrogen-bond acceptors (Lipinski definition) is 11. The van der Waals surface area contributed by atoms with Gasteiger partial charge in [-0.2, -0.15) is 0 Å². The third kappa shape index (κ3) is 16.2. The Morgan fingerprint density at radius 2 is 0.605 bits per heavy atom. The van der Waals surface area contributed by atoms with E-state index in [1.54, 1.807) is 36.4 Å². The van der Waals surface area contributed by atoms with E-state index in [4.69, 9.17) is 0 Å². The van der Waals surface area contributed by atoms with E-state index >= 15 is 0 Å². The Morgan fingerprint density at radius 3 is 0.914 bits per heavy atom. The number of aromatic carboxylic acids is 3. The monoisotopic (exact) mass is 1240 g/mol. The van der Waals surface area contributed by atoms with Gasteiger partial charge in [0, 0.05) is 57.2 Å². The summed E-state index contributed by atoms with van der Waals surface area (Å²) in [6, 6.07) is 78.4. The molecule has 12 rings (SSSR count). The van der Waals surface area contributed by atoms with Crippen molar-refractivity contribution in [2.45, 2.75) is 20.8 Å². The fourth-order valence-electron chi connectivity index (χ4n) is 8.51. The van der Waals surface area contributed by atoms with Crippen LogP contribution >= 0.6 is 0 Å². The van der Waals surface area contributed by atoms with Gasteiger partial charge < -0.3 is 29.7 Å². The van der Waals surface area contributed by atoms with Crippen molar-refractivity contribution < 1.29 is 49.8 Å². The molecule has 0 aliphatic carbocycles. The van der Waals surface area contributed by atoms with Crippen LogP contribution in [0.1, 0.15) is 48.2 Å². The largest absolute Gasteiger partial charge is 3.00 e. The second-order valence-corrected chi connectivity index (χ2v) is 18.2. The molecule has 5 aromatic heterocycles. The summed E-state index contributed by atoms with van der Waals surface area (Å²) in [6.45, 7) is 5.87. The van der Waals surface area contributed by atoms with Crippen LogP contribution in [0.25, 0.3) is 77.7 Å². The first-order valence-corrected chi connectivity index (χ1v) is 25.4. The summed E-state index contributed by atoms with van der Waals surface area (Å²) in [5.41, 5.74) is 13.9. The second-order valence-electron chi connectivity index (χ2n) is 18.2. The number of fused-ring (bicyclic) bond motifs is 2. The molecule has 81 heavy (non-hydrogen) atoms. The Hall–Kier alpha value is -10.1. The van der Waals surface area contributed by atoms with Gasteiger partial charge in [0.25, 0.3) is 0 Å². The summed E-state index contributed by atoms with van der Waals surface area (Å²) in [7, 11) is 0. The van der Waals surface area contributed by atoms with E-state index in [0.717, 1.165) is 66.9 Å². The van der Waals surface area contributed by atoms with E-state index in [2.05, 4.69) is 85.6 Å². The van der Waals surface area contributed by atoms with E-state index in [9.17, 15) is 29.7 Å². The number of para-hydroxylation sites is 2. The number of pyridine rings is 5. The zero-order valence-electron chi connectivity index (χ0n) is 44.3. The van der Waals surface area contributed by atoms with Crippen molar-refractivity contribution in [3.8, 4) is 55.9 Å². The molecule has 0 amide bonds. The first kappa shape index (κ1) is 58.5. The Labute approximate surface area is 483 Å². The molecule has 0 aliphatic heterocycles. The summed E-state index contributed by atoms with van der Waals surface area (Å²) in [5, 5.41) is 35.1. The molecule has 11 nitrogen and oxygen atoms in total. The van der Waals surface area contributed by atoms with Crippen LogP contribution in [0.15, 0.2) is 261 Å². The van der Waals surface area contributed by atoms with Crippen molar-refractivity contribution >= 4 is 39.7 Å². The van der Waals surface area contributed by atoms with Gasteiger partial charge in [0.05, 0.1) is 57.4 Å². The summed E-state index contributed by atoms with van der Waals surface area (Å²) in [4.78, 5) is 53.5. The first-order chi connectivity index (χ1) is 38.9. The van der Waals surface area contributed by atoms with Crippen molar-refractivity contribution in [3.05, 3.63) is 295 Å². The summed E-state index contributed by atoms with van der Waals surface area (Å²) in [6.07, 6.45) is 4.35. The van der Waals surface area contributed by atoms with Gasteiger partial charge in [-0.3, -0.25) is 15.0 Å². The number of carboxylic acids is 3. The zero-order chi connectivity index (χ0) is 56.2. The SMILES string of the molecule is Cc1cccc(-c2cccnc2C(=O)[O-])c1.Cc1cccc(-c2cccnc2C(=O)[O-])c1.Cc1cccc(-c2cccnc2C(=O)[O-])c1.[Ir+3].c1ccc(-c2ccc3ccccc3n2)cc1.c1ccc(-c2ccc3ccccc3n2)cc1. The summed E-state index contributed by atoms with van der Waals surface area (Å²) in [5.74, 6) is -3.76. The summed E-state index contributed by atoms with van der Waals surface area (Å²) >= 11 is 0. The molecule has 0 saturated heterocycles. The molecule has 0 unspecified atom stereocenters. The maximum absolute atomic E-state index is 10.9. The second kappa shape index (κ2) is 29.0. The Bertz CT molecular complexity index is 3720. The molecule has 7 aromatic carbocycles. The minimum absolute atomic E-state index is 0. The van der Waals surface area contributed by atoms with Crippen LogP contribution in [0.3, 0.4) is 0 Å². The van der Waals surface area contributed by atoms with Crippen LogP contribution < -0.4 is 15.3 Å². The molecule has 0 fully saturated rings. The smallest absolute Gasteiger partial charge is 0.543 e. The van der Waals surface area contributed by atoms with Crippen LogP contribution in [0.2, 0.25) is 0 Å². The number of benzene rings is 7. The number of carboxylic acid groups (broad SMARTS) is 3. The zero-order valence-corrected chi connectivity index (χ0v) is 46.7. The van der Waals surface area contributed by atoms with Crippen molar-refractivity contribution in [1.29, 1.82) is 0 Å². The van der Waals surface area contributed by atoms with Gasteiger partial charge in [-0.1, -0.05) is 217 Å². The molecule has 398 valence electrons. The van der Waals surface area contributed by atoms with Gasteiger partial charge in [0.15, 0.2) is 0 Å². The molecule has 0 spiro atoms. The average Bonchev–Trinajstić information content (AvgIpc) is 3.50. The van der Waals surface area contributed by atoms with E-state index in [1.807, 2.05) is 166 Å². The maximum Gasteiger partial charge on any atom is 3.00 e. The number of nitrogens with zero attached hydrogens (tertiary/aromatic N) is 5. The quantitative estimate of drug-likeness (QED) is 0.141. The van der Waals surface area contributed by atoms with Gasteiger partial charge in [-0.05, 0) is 79.9 Å². The molecule has 12 aromatic rings. The molecule has 0 saturated carbocycles. The van der Waals surface area contributed by atoms with Crippen LogP contribution in [-0.2, 0) is 20.1 Å². The van der Waals surface area contributed by atoms with Gasteiger partial charge in [0.2, 0.25) is 0 Å². The minimum atomic E-state index is -1.25. The molecule has 12 heteroatoms. The topological polar surface area (TPSA) is 185 Å². The number of carbonyl (C=O) groups excluding carboxylic acids is 3. The normalized spacial score (nSPS) is 10.1. The number of hydrogen-bond donors (Lipinski definition) is 0. The molecule has 0 N–H and O–H groups in total. The van der Waals surface area contributed by atoms with Crippen LogP contribution in [0.5, 0.6) is 0 Å². The van der Waals surface area contributed by atoms with Crippen molar-refractivity contribution in [3.63, 3.8) is 0 Å². The molecule has 0 atom stereocenters. The van der Waals surface area contributed by atoms with E-state index < -0.39 is 17.9 Å². The number of aryl methyl sites for hydroxylation is 3. The third-order valence-corrected chi connectivity index (χ3v) is 12.3. The van der Waals surface area contributed by atoms with E-state index in [0.29, 0.717) is 16.7 Å². The van der Waals surface area contributed by atoms with Crippen LogP contribution in [-0.4, -0.2) is 42.8 Å². The molecular formula is C69H52IrN5O6. The van der Waals surface area contributed by atoms with E-state index in [-0.39, 0.29) is 37.2 Å².